The normalized spacial score (nSPS) is 10.2. The topological polar surface area (TPSA) is 50.9 Å². The van der Waals surface area contributed by atoms with Gasteiger partial charge in [-0.1, -0.05) is 6.07 Å². The molecule has 0 aliphatic heterocycles. The second kappa shape index (κ2) is 4.85. The molecule has 1 aromatic heterocycles. The minimum Gasteiger partial charge on any atom is -0.329 e. The van der Waals surface area contributed by atoms with Gasteiger partial charge in [-0.2, -0.15) is 0 Å². The van der Waals surface area contributed by atoms with Gasteiger partial charge in [0, 0.05) is 31.5 Å². The summed E-state index contributed by atoms with van der Waals surface area (Å²) >= 11 is 0. The zero-order valence-corrected chi connectivity index (χ0v) is 7.38. The fourth-order valence-electron chi connectivity index (χ4n) is 1.03. The van der Waals surface area contributed by atoms with Crippen molar-refractivity contribution in [3.8, 4) is 0 Å². The highest BCUT2D eigenvalue weighted by molar-refractivity contribution is 5.17. The van der Waals surface area contributed by atoms with E-state index in [-0.39, 0.29) is 0 Å². The van der Waals surface area contributed by atoms with Gasteiger partial charge < -0.3 is 11.1 Å². The molecule has 0 amide bonds. The second-order valence-electron chi connectivity index (χ2n) is 2.71. The third kappa shape index (κ3) is 2.60. The summed E-state index contributed by atoms with van der Waals surface area (Å²) in [6.07, 6.45) is 1.81. The van der Waals surface area contributed by atoms with Crippen molar-refractivity contribution in [1.82, 2.24) is 10.3 Å². The maximum Gasteiger partial charge on any atom is 0.0417 e. The number of aromatic nitrogens is 1. The largest absolute Gasteiger partial charge is 0.329 e. The smallest absolute Gasteiger partial charge is 0.0417 e. The summed E-state index contributed by atoms with van der Waals surface area (Å²) in [6.45, 7) is 4.41. The van der Waals surface area contributed by atoms with Gasteiger partial charge in [-0.05, 0) is 18.6 Å². The number of nitrogens with two attached hydrogens (primary N) is 1. The van der Waals surface area contributed by atoms with Crippen LogP contribution >= 0.6 is 0 Å². The third-order valence-electron chi connectivity index (χ3n) is 1.75. The molecule has 3 N–H and O–H groups in total. The Morgan fingerprint density at radius 1 is 1.58 bits per heavy atom. The van der Waals surface area contributed by atoms with E-state index in [2.05, 4.69) is 16.4 Å². The lowest BCUT2D eigenvalue weighted by Crippen LogP contribution is -2.22. The van der Waals surface area contributed by atoms with Crippen LogP contribution in [0.15, 0.2) is 18.3 Å². The molecule has 66 valence electrons. The Morgan fingerprint density at radius 3 is 3.08 bits per heavy atom. The lowest BCUT2D eigenvalue weighted by Gasteiger charge is -2.04. The van der Waals surface area contributed by atoms with Gasteiger partial charge in [0.1, 0.15) is 0 Å². The van der Waals surface area contributed by atoms with Gasteiger partial charge in [0.25, 0.3) is 0 Å². The van der Waals surface area contributed by atoms with Crippen LogP contribution in [0, 0.1) is 6.92 Å². The number of pyridine rings is 1. The minimum absolute atomic E-state index is 0.680. The summed E-state index contributed by atoms with van der Waals surface area (Å²) in [6, 6.07) is 4.03. The fraction of sp³-hybridized carbons (Fsp3) is 0.444. The van der Waals surface area contributed by atoms with Crippen molar-refractivity contribution in [2.75, 3.05) is 13.1 Å². The molecule has 0 aliphatic carbocycles. The lowest BCUT2D eigenvalue weighted by molar-refractivity contribution is 0.689. The van der Waals surface area contributed by atoms with Gasteiger partial charge in [-0.15, -0.1) is 0 Å². The van der Waals surface area contributed by atoms with Crippen molar-refractivity contribution < 1.29 is 0 Å². The van der Waals surface area contributed by atoms with Crippen LogP contribution in [-0.2, 0) is 6.54 Å². The average molecular weight is 165 g/mol. The van der Waals surface area contributed by atoms with Crippen LogP contribution in [0.2, 0.25) is 0 Å². The van der Waals surface area contributed by atoms with E-state index in [4.69, 9.17) is 5.73 Å². The maximum absolute atomic E-state index is 5.35. The molecule has 0 saturated heterocycles. The quantitative estimate of drug-likeness (QED) is 0.636. The third-order valence-corrected chi connectivity index (χ3v) is 1.75. The predicted molar refractivity (Wildman–Crippen MR) is 49.7 cm³/mol. The summed E-state index contributed by atoms with van der Waals surface area (Å²) in [4.78, 5) is 4.19. The first-order valence-electron chi connectivity index (χ1n) is 4.16. The van der Waals surface area contributed by atoms with Crippen LogP contribution in [0.1, 0.15) is 11.3 Å². The summed E-state index contributed by atoms with van der Waals surface area (Å²) < 4.78 is 0. The lowest BCUT2D eigenvalue weighted by atomic mass is 10.2. The van der Waals surface area contributed by atoms with Crippen LogP contribution in [0.25, 0.3) is 0 Å². The molecule has 1 aromatic rings. The monoisotopic (exact) mass is 165 g/mol. The Labute approximate surface area is 73.0 Å². The molecule has 0 saturated carbocycles. The van der Waals surface area contributed by atoms with Crippen molar-refractivity contribution in [3.05, 3.63) is 29.6 Å². The molecule has 0 unspecified atom stereocenters. The molecule has 0 atom stereocenters. The molecule has 0 aliphatic rings. The van der Waals surface area contributed by atoms with Gasteiger partial charge >= 0.3 is 0 Å². The summed E-state index contributed by atoms with van der Waals surface area (Å²) in [5.41, 5.74) is 7.68. The Hall–Kier alpha value is -0.930. The van der Waals surface area contributed by atoms with Crippen molar-refractivity contribution in [2.45, 2.75) is 13.5 Å². The van der Waals surface area contributed by atoms with E-state index in [0.717, 1.165) is 18.8 Å². The summed E-state index contributed by atoms with van der Waals surface area (Å²) in [7, 11) is 0. The van der Waals surface area contributed by atoms with E-state index in [0.29, 0.717) is 6.54 Å². The van der Waals surface area contributed by atoms with Gasteiger partial charge in [-0.3, -0.25) is 4.98 Å². The van der Waals surface area contributed by atoms with E-state index in [1.807, 2.05) is 19.2 Å². The minimum atomic E-state index is 0.680. The fourth-order valence-corrected chi connectivity index (χ4v) is 1.03. The van der Waals surface area contributed by atoms with Crippen molar-refractivity contribution in [1.29, 1.82) is 0 Å². The number of hydrogen-bond acceptors (Lipinski definition) is 3. The van der Waals surface area contributed by atoms with Crippen LogP contribution in [0.3, 0.4) is 0 Å². The molecule has 0 fully saturated rings. The molecule has 0 bridgehead atoms. The van der Waals surface area contributed by atoms with E-state index in [1.165, 1.54) is 5.56 Å². The first-order chi connectivity index (χ1) is 5.84. The van der Waals surface area contributed by atoms with Crippen LogP contribution < -0.4 is 11.1 Å². The second-order valence-corrected chi connectivity index (χ2v) is 2.71. The molecule has 1 heterocycles. The molecule has 0 radical (unpaired) electrons. The SMILES string of the molecule is Cc1ncccc1CNCCN. The highest BCUT2D eigenvalue weighted by Gasteiger charge is 1.95. The number of hydrogen-bond donors (Lipinski definition) is 2. The molecule has 3 nitrogen and oxygen atoms in total. The highest BCUT2D eigenvalue weighted by Crippen LogP contribution is 2.01. The Bertz CT molecular complexity index is 235. The first-order valence-corrected chi connectivity index (χ1v) is 4.16. The molecular weight excluding hydrogens is 150 g/mol. The Morgan fingerprint density at radius 2 is 2.42 bits per heavy atom. The van der Waals surface area contributed by atoms with E-state index >= 15 is 0 Å². The summed E-state index contributed by atoms with van der Waals surface area (Å²) in [5.74, 6) is 0. The highest BCUT2D eigenvalue weighted by atomic mass is 14.9. The van der Waals surface area contributed by atoms with Gasteiger partial charge in [0.05, 0.1) is 0 Å². The van der Waals surface area contributed by atoms with Crippen molar-refractivity contribution >= 4 is 0 Å². The summed E-state index contributed by atoms with van der Waals surface area (Å²) in [5, 5.41) is 3.23. The predicted octanol–water partition coefficient (Wildman–Crippen LogP) is 0.438. The standard InChI is InChI=1S/C9H15N3/c1-8-9(3-2-5-12-8)7-11-6-4-10/h2-3,5,11H,4,6-7,10H2,1H3. The van der Waals surface area contributed by atoms with E-state index < -0.39 is 0 Å². The van der Waals surface area contributed by atoms with Crippen LogP contribution in [0.5, 0.6) is 0 Å². The van der Waals surface area contributed by atoms with Gasteiger partial charge in [0.15, 0.2) is 0 Å². The molecule has 0 spiro atoms. The Kier molecular flexibility index (Phi) is 3.70. The molecule has 3 heteroatoms. The number of rotatable bonds is 4. The zero-order chi connectivity index (χ0) is 8.81. The molecule has 1 rings (SSSR count). The van der Waals surface area contributed by atoms with Gasteiger partial charge in [0.2, 0.25) is 0 Å². The number of nitrogens with one attached hydrogen (secondary N) is 1. The van der Waals surface area contributed by atoms with Crippen molar-refractivity contribution in [2.24, 2.45) is 5.73 Å². The number of nitrogens with zero attached hydrogens (tertiary/aromatic N) is 1. The average Bonchev–Trinajstić information content (AvgIpc) is 2.09. The molecular formula is C9H15N3. The molecule has 12 heavy (non-hydrogen) atoms. The zero-order valence-electron chi connectivity index (χ0n) is 7.38. The van der Waals surface area contributed by atoms with Gasteiger partial charge in [-0.25, -0.2) is 0 Å². The van der Waals surface area contributed by atoms with E-state index in [9.17, 15) is 0 Å². The first kappa shape index (κ1) is 9.16. The number of aryl methyl sites for hydroxylation is 1. The molecule has 0 aromatic carbocycles. The maximum atomic E-state index is 5.35. The van der Waals surface area contributed by atoms with Crippen molar-refractivity contribution in [3.63, 3.8) is 0 Å². The van der Waals surface area contributed by atoms with Crippen LogP contribution in [-0.4, -0.2) is 18.1 Å². The van der Waals surface area contributed by atoms with Crippen LogP contribution in [0.4, 0.5) is 0 Å². The van der Waals surface area contributed by atoms with E-state index in [1.54, 1.807) is 0 Å². The Balaban J connectivity index is 2.46.